The van der Waals surface area contributed by atoms with E-state index in [0.717, 1.165) is 12.1 Å². The maximum Gasteiger partial charge on any atom is 0.376 e. The van der Waals surface area contributed by atoms with Gasteiger partial charge in [-0.2, -0.15) is 8.78 Å². The SMILES string of the molecule is O=C(NCC(F)(F)C(=O)O)c1cc(NC(=O)C2C(c3cc(Cl)cc(Cl)c3)C2(Cl)Cl)cc(F)c1Cl. The number of alkyl halides is 4. The zero-order valence-electron chi connectivity index (χ0n) is 16.4. The van der Waals surface area contributed by atoms with Crippen molar-refractivity contribution in [3.63, 3.8) is 0 Å². The van der Waals surface area contributed by atoms with E-state index in [0.29, 0.717) is 15.6 Å². The second-order valence-electron chi connectivity index (χ2n) is 7.33. The summed E-state index contributed by atoms with van der Waals surface area (Å²) in [6, 6.07) is 6.25. The van der Waals surface area contributed by atoms with Gasteiger partial charge in [0.25, 0.3) is 5.91 Å². The molecule has 2 amide bonds. The van der Waals surface area contributed by atoms with Crippen molar-refractivity contribution in [2.75, 3.05) is 11.9 Å². The molecule has 2 aromatic carbocycles. The maximum absolute atomic E-state index is 14.3. The van der Waals surface area contributed by atoms with E-state index in [1.54, 1.807) is 5.32 Å². The molecule has 0 radical (unpaired) electrons. The Kier molecular flexibility index (Phi) is 7.55. The Morgan fingerprint density at radius 3 is 2.18 bits per heavy atom. The molecule has 0 aliphatic heterocycles. The summed E-state index contributed by atoms with van der Waals surface area (Å²) in [6.45, 7) is -1.57. The molecule has 0 bridgehead atoms. The van der Waals surface area contributed by atoms with Crippen molar-refractivity contribution in [3.8, 4) is 0 Å². The summed E-state index contributed by atoms with van der Waals surface area (Å²) >= 11 is 30.2. The molecule has 3 N–H and O–H groups in total. The van der Waals surface area contributed by atoms with Crippen molar-refractivity contribution < 1.29 is 32.7 Å². The average Bonchev–Trinajstić information content (AvgIpc) is 3.30. The molecule has 2 aromatic rings. The zero-order valence-corrected chi connectivity index (χ0v) is 20.2. The summed E-state index contributed by atoms with van der Waals surface area (Å²) < 4.78 is 39.2. The molecule has 2 unspecified atom stereocenters. The highest BCUT2D eigenvalue weighted by Gasteiger charge is 2.67. The minimum Gasteiger partial charge on any atom is -0.477 e. The van der Waals surface area contributed by atoms with E-state index in [1.165, 1.54) is 18.2 Å². The number of carbonyl (C=O) groups is 3. The number of benzene rings is 2. The third-order valence-electron chi connectivity index (χ3n) is 4.90. The second-order valence-corrected chi connectivity index (χ2v) is 10.0. The van der Waals surface area contributed by atoms with E-state index < -0.39 is 62.8 Å². The molecule has 0 heterocycles. The highest BCUT2D eigenvalue weighted by Crippen LogP contribution is 2.65. The molecule has 1 fully saturated rings. The molecular weight excluding hydrogens is 566 g/mol. The standard InChI is InChI=1S/C20H12Cl5F3N2O4/c21-8-1-7(2-9(22)3-8)13-14(20(13,24)25)17(32)30-10-4-11(15(23)12(26)5-10)16(31)29-6-19(27,28)18(33)34/h1-5,13-14H,6H2,(H,29,31)(H,30,32)(H,33,34). The van der Waals surface area contributed by atoms with Gasteiger partial charge in [0.05, 0.1) is 23.0 Å². The van der Waals surface area contributed by atoms with Gasteiger partial charge >= 0.3 is 11.9 Å². The molecule has 6 nitrogen and oxygen atoms in total. The number of amides is 2. The van der Waals surface area contributed by atoms with Crippen LogP contribution < -0.4 is 10.6 Å². The predicted octanol–water partition coefficient (Wildman–Crippen LogP) is 5.76. The number of aliphatic carboxylic acids is 1. The molecule has 1 aliphatic rings. The Labute approximate surface area is 215 Å². The third-order valence-corrected chi connectivity index (χ3v) is 6.67. The summed E-state index contributed by atoms with van der Waals surface area (Å²) in [5, 5.41) is 12.3. The first-order valence-corrected chi connectivity index (χ1v) is 11.1. The Morgan fingerprint density at radius 2 is 1.62 bits per heavy atom. The fourth-order valence-corrected chi connectivity index (χ4v) is 4.80. The van der Waals surface area contributed by atoms with Crippen LogP contribution in [0.4, 0.5) is 18.9 Å². The smallest absolute Gasteiger partial charge is 0.376 e. The molecule has 1 saturated carbocycles. The molecule has 182 valence electrons. The van der Waals surface area contributed by atoms with Crippen LogP contribution in [0.1, 0.15) is 21.8 Å². The van der Waals surface area contributed by atoms with Gasteiger partial charge in [-0.3, -0.25) is 9.59 Å². The normalized spacial score (nSPS) is 18.8. The molecule has 0 spiro atoms. The molecule has 3 rings (SSSR count). The maximum atomic E-state index is 14.3. The first-order chi connectivity index (χ1) is 15.6. The van der Waals surface area contributed by atoms with Crippen LogP contribution in [-0.2, 0) is 9.59 Å². The van der Waals surface area contributed by atoms with Crippen molar-refractivity contribution in [2.45, 2.75) is 16.2 Å². The van der Waals surface area contributed by atoms with Gasteiger partial charge in [0, 0.05) is 21.7 Å². The van der Waals surface area contributed by atoms with E-state index in [9.17, 15) is 27.6 Å². The average molecular weight is 579 g/mol. The Morgan fingerprint density at radius 1 is 1.03 bits per heavy atom. The highest BCUT2D eigenvalue weighted by atomic mass is 35.5. The summed E-state index contributed by atoms with van der Waals surface area (Å²) in [5.41, 5.74) is -0.375. The number of hydrogen-bond donors (Lipinski definition) is 3. The summed E-state index contributed by atoms with van der Waals surface area (Å²) in [7, 11) is 0. The first-order valence-electron chi connectivity index (χ1n) is 9.18. The van der Waals surface area contributed by atoms with Gasteiger partial charge in [0.1, 0.15) is 10.2 Å². The van der Waals surface area contributed by atoms with Gasteiger partial charge in [0.2, 0.25) is 5.91 Å². The fourth-order valence-electron chi connectivity index (χ4n) is 3.23. The van der Waals surface area contributed by atoms with Crippen molar-refractivity contribution in [3.05, 3.63) is 62.3 Å². The van der Waals surface area contributed by atoms with E-state index >= 15 is 0 Å². The number of rotatable bonds is 7. The third kappa shape index (κ3) is 5.49. The molecule has 14 heteroatoms. The number of anilines is 1. The molecular formula is C20H12Cl5F3N2O4. The number of carboxylic acids is 1. The predicted molar refractivity (Wildman–Crippen MR) is 122 cm³/mol. The quantitative estimate of drug-likeness (QED) is 0.364. The summed E-state index contributed by atoms with van der Waals surface area (Å²) in [6.07, 6.45) is 0. The lowest BCUT2D eigenvalue weighted by atomic mass is 10.1. The van der Waals surface area contributed by atoms with Crippen LogP contribution in [0.15, 0.2) is 30.3 Å². The Hall–Kier alpha value is -1.91. The van der Waals surface area contributed by atoms with Crippen molar-refractivity contribution >= 4 is 81.5 Å². The van der Waals surface area contributed by atoms with Crippen LogP contribution in [-0.4, -0.2) is 39.7 Å². The Bertz CT molecular complexity index is 1170. The topological polar surface area (TPSA) is 95.5 Å². The molecule has 1 aliphatic carbocycles. The molecule has 34 heavy (non-hydrogen) atoms. The van der Waals surface area contributed by atoms with Crippen LogP contribution in [0.2, 0.25) is 15.1 Å². The van der Waals surface area contributed by atoms with Crippen LogP contribution in [0.3, 0.4) is 0 Å². The summed E-state index contributed by atoms with van der Waals surface area (Å²) in [4.78, 5) is 35.5. The minimum absolute atomic E-state index is 0.249. The highest BCUT2D eigenvalue weighted by molar-refractivity contribution is 6.53. The lowest BCUT2D eigenvalue weighted by molar-refractivity contribution is -0.163. The van der Waals surface area contributed by atoms with Gasteiger partial charge in [-0.1, -0.05) is 34.8 Å². The number of carbonyl (C=O) groups excluding carboxylic acids is 2. The molecule has 2 atom stereocenters. The molecule has 0 aromatic heterocycles. The molecule has 0 saturated heterocycles. The van der Waals surface area contributed by atoms with Crippen LogP contribution in [0.25, 0.3) is 0 Å². The van der Waals surface area contributed by atoms with Crippen molar-refractivity contribution in [1.82, 2.24) is 5.32 Å². The minimum atomic E-state index is -4.26. The van der Waals surface area contributed by atoms with Crippen LogP contribution in [0.5, 0.6) is 0 Å². The number of hydrogen-bond acceptors (Lipinski definition) is 3. The van der Waals surface area contributed by atoms with E-state index in [1.807, 2.05) is 0 Å². The van der Waals surface area contributed by atoms with E-state index in [4.69, 9.17) is 63.1 Å². The van der Waals surface area contributed by atoms with Crippen molar-refractivity contribution in [1.29, 1.82) is 0 Å². The number of carboxylic acid groups (broad SMARTS) is 1. The summed E-state index contributed by atoms with van der Waals surface area (Å²) in [5.74, 6) is -11.6. The first kappa shape index (κ1) is 26.7. The lowest BCUT2D eigenvalue weighted by Crippen LogP contribution is -2.42. The van der Waals surface area contributed by atoms with Crippen LogP contribution in [0, 0.1) is 11.7 Å². The second kappa shape index (κ2) is 9.62. The van der Waals surface area contributed by atoms with E-state index in [-0.39, 0.29) is 5.69 Å². The van der Waals surface area contributed by atoms with Crippen molar-refractivity contribution in [2.24, 2.45) is 5.92 Å². The van der Waals surface area contributed by atoms with Crippen LogP contribution >= 0.6 is 58.0 Å². The zero-order chi connectivity index (χ0) is 25.6. The van der Waals surface area contributed by atoms with Gasteiger partial charge in [-0.25, -0.2) is 9.18 Å². The lowest BCUT2D eigenvalue weighted by Gasteiger charge is -2.14. The largest absolute Gasteiger partial charge is 0.477 e. The number of halogens is 8. The van der Waals surface area contributed by atoms with Gasteiger partial charge in [0.15, 0.2) is 0 Å². The monoisotopic (exact) mass is 576 g/mol. The Balaban J connectivity index is 1.79. The fraction of sp³-hybridized carbons (Fsp3) is 0.250. The van der Waals surface area contributed by atoms with Gasteiger partial charge in [-0.05, 0) is 35.9 Å². The number of nitrogens with one attached hydrogen (secondary N) is 2. The van der Waals surface area contributed by atoms with Gasteiger partial charge in [-0.15, -0.1) is 23.2 Å². The van der Waals surface area contributed by atoms with Gasteiger partial charge < -0.3 is 15.7 Å². The van der Waals surface area contributed by atoms with E-state index in [2.05, 4.69) is 5.32 Å².